The van der Waals surface area contributed by atoms with Crippen LogP contribution in [0.1, 0.15) is 49.3 Å². The van der Waals surface area contributed by atoms with Crippen LogP contribution in [0.25, 0.3) is 0 Å². The van der Waals surface area contributed by atoms with E-state index in [-0.39, 0.29) is 24.0 Å². The van der Waals surface area contributed by atoms with Gasteiger partial charge in [0.1, 0.15) is 0 Å². The smallest absolute Gasteiger partial charge is 0.191 e. The predicted molar refractivity (Wildman–Crippen MR) is 130 cm³/mol. The summed E-state index contributed by atoms with van der Waals surface area (Å²) in [6, 6.07) is 10.7. The monoisotopic (exact) mass is 527 g/mol. The van der Waals surface area contributed by atoms with Crippen molar-refractivity contribution < 1.29 is 9.26 Å². The molecule has 1 aliphatic heterocycles. The van der Waals surface area contributed by atoms with E-state index in [9.17, 15) is 0 Å². The van der Waals surface area contributed by atoms with Crippen molar-refractivity contribution in [2.45, 2.75) is 46.3 Å². The molecule has 2 heterocycles. The van der Waals surface area contributed by atoms with Crippen molar-refractivity contribution in [1.29, 1.82) is 0 Å². The summed E-state index contributed by atoms with van der Waals surface area (Å²) in [6.45, 7) is 12.9. The average molecular weight is 527 g/mol. The van der Waals surface area contributed by atoms with Gasteiger partial charge in [-0.05, 0) is 24.0 Å². The molecule has 0 aliphatic carbocycles. The Kier molecular flexibility index (Phi) is 10.6. The van der Waals surface area contributed by atoms with Crippen molar-refractivity contribution >= 4 is 29.9 Å². The van der Waals surface area contributed by atoms with Gasteiger partial charge in [-0.25, -0.2) is 4.99 Å². The third-order valence-electron chi connectivity index (χ3n) is 4.86. The Hall–Kier alpha value is -1.65. The number of morpholine rings is 1. The van der Waals surface area contributed by atoms with Crippen LogP contribution in [-0.4, -0.2) is 48.9 Å². The van der Waals surface area contributed by atoms with Crippen LogP contribution in [0.3, 0.4) is 0 Å². The summed E-state index contributed by atoms with van der Waals surface area (Å²) in [7, 11) is 0. The first kappa shape index (κ1) is 24.6. The van der Waals surface area contributed by atoms with E-state index in [0.717, 1.165) is 56.8 Å². The summed E-state index contributed by atoms with van der Waals surface area (Å²) in [5.74, 6) is 1.94. The van der Waals surface area contributed by atoms with Crippen LogP contribution < -0.4 is 10.6 Å². The molecule has 1 aliphatic rings. The first-order valence-corrected chi connectivity index (χ1v) is 10.5. The quantitative estimate of drug-likeness (QED) is 0.311. The number of hydrogen-bond donors (Lipinski definition) is 2. The number of benzene rings is 1. The van der Waals surface area contributed by atoms with Gasteiger partial charge in [-0.2, -0.15) is 0 Å². The molecule has 2 N–H and O–H groups in total. The lowest BCUT2D eigenvalue weighted by atomic mass is 10.1. The molecule has 0 amide bonds. The topological polar surface area (TPSA) is 74.9 Å². The molecule has 3 rings (SSSR count). The van der Waals surface area contributed by atoms with E-state index >= 15 is 0 Å². The highest BCUT2D eigenvalue weighted by molar-refractivity contribution is 14.0. The minimum absolute atomic E-state index is 0. The molecule has 1 aromatic carbocycles. The van der Waals surface area contributed by atoms with Crippen molar-refractivity contribution in [3.63, 3.8) is 0 Å². The number of halogens is 1. The summed E-state index contributed by atoms with van der Waals surface area (Å²) in [6.07, 6.45) is 0. The fourth-order valence-corrected chi connectivity index (χ4v) is 3.21. The second kappa shape index (κ2) is 12.9. The van der Waals surface area contributed by atoms with Gasteiger partial charge in [0.2, 0.25) is 0 Å². The second-order valence-corrected chi connectivity index (χ2v) is 7.63. The minimum Gasteiger partial charge on any atom is -0.379 e. The first-order valence-electron chi connectivity index (χ1n) is 10.5. The van der Waals surface area contributed by atoms with Crippen molar-refractivity contribution in [2.75, 3.05) is 32.8 Å². The summed E-state index contributed by atoms with van der Waals surface area (Å²) in [5, 5.41) is 10.7. The van der Waals surface area contributed by atoms with Gasteiger partial charge in [-0.3, -0.25) is 4.90 Å². The average Bonchev–Trinajstić information content (AvgIpc) is 3.21. The van der Waals surface area contributed by atoms with E-state index in [2.05, 4.69) is 65.7 Å². The first-order chi connectivity index (χ1) is 14.1. The Morgan fingerprint density at radius 1 is 1.17 bits per heavy atom. The number of ether oxygens (including phenoxy) is 1. The van der Waals surface area contributed by atoms with Gasteiger partial charge in [0, 0.05) is 32.2 Å². The summed E-state index contributed by atoms with van der Waals surface area (Å²) >= 11 is 0. The Bertz CT molecular complexity index is 787. The van der Waals surface area contributed by atoms with Gasteiger partial charge >= 0.3 is 0 Å². The maximum absolute atomic E-state index is 5.43. The lowest BCUT2D eigenvalue weighted by molar-refractivity contribution is 0.0342. The molecule has 0 atom stereocenters. The molecule has 1 fully saturated rings. The minimum atomic E-state index is 0. The molecule has 0 radical (unpaired) electrons. The number of nitrogens with zero attached hydrogens (tertiary/aromatic N) is 3. The zero-order valence-electron chi connectivity index (χ0n) is 18.2. The Morgan fingerprint density at radius 2 is 1.93 bits per heavy atom. The van der Waals surface area contributed by atoms with Crippen molar-refractivity contribution in [3.05, 3.63) is 52.9 Å². The number of rotatable bonds is 8. The molecule has 7 nitrogen and oxygen atoms in total. The van der Waals surface area contributed by atoms with Crippen LogP contribution in [0.5, 0.6) is 0 Å². The van der Waals surface area contributed by atoms with Crippen LogP contribution in [0.4, 0.5) is 0 Å². The highest BCUT2D eigenvalue weighted by Crippen LogP contribution is 2.14. The highest BCUT2D eigenvalue weighted by atomic mass is 127. The second-order valence-electron chi connectivity index (χ2n) is 7.63. The van der Waals surface area contributed by atoms with Crippen molar-refractivity contribution in [1.82, 2.24) is 20.7 Å². The number of hydrogen-bond acceptors (Lipinski definition) is 5. The number of aromatic nitrogens is 1. The van der Waals surface area contributed by atoms with Crippen LogP contribution in [0, 0.1) is 0 Å². The molecule has 0 bridgehead atoms. The molecule has 30 heavy (non-hydrogen) atoms. The largest absolute Gasteiger partial charge is 0.379 e. The zero-order chi connectivity index (χ0) is 20.5. The molecular weight excluding hydrogens is 493 g/mol. The SMILES string of the molecule is CCNC(=NCc1cccc(CN2CCOCC2)c1)NCc1cc(C(C)C)no1.I. The van der Waals surface area contributed by atoms with Gasteiger partial charge < -0.3 is 19.9 Å². The van der Waals surface area contributed by atoms with Crippen LogP contribution in [0.15, 0.2) is 39.8 Å². The molecule has 1 saturated heterocycles. The van der Waals surface area contributed by atoms with Gasteiger partial charge in [-0.15, -0.1) is 24.0 Å². The Balaban J connectivity index is 0.00000320. The number of nitrogens with one attached hydrogen (secondary N) is 2. The molecule has 0 saturated carbocycles. The van der Waals surface area contributed by atoms with Gasteiger partial charge in [0.15, 0.2) is 11.7 Å². The normalized spacial score (nSPS) is 15.1. The molecule has 0 unspecified atom stereocenters. The van der Waals surface area contributed by atoms with Crippen LogP contribution >= 0.6 is 24.0 Å². The summed E-state index contributed by atoms with van der Waals surface area (Å²) < 4.78 is 10.8. The molecule has 1 aromatic heterocycles. The molecule has 166 valence electrons. The summed E-state index contributed by atoms with van der Waals surface area (Å²) in [5.41, 5.74) is 3.50. The van der Waals surface area contributed by atoms with E-state index in [1.165, 1.54) is 11.1 Å². The van der Waals surface area contributed by atoms with Gasteiger partial charge in [0.05, 0.1) is 32.0 Å². The van der Waals surface area contributed by atoms with Crippen molar-refractivity contribution in [3.8, 4) is 0 Å². The lowest BCUT2D eigenvalue weighted by Gasteiger charge is -2.26. The zero-order valence-corrected chi connectivity index (χ0v) is 20.5. The molecule has 0 spiro atoms. The lowest BCUT2D eigenvalue weighted by Crippen LogP contribution is -2.36. The summed E-state index contributed by atoms with van der Waals surface area (Å²) in [4.78, 5) is 7.16. The van der Waals surface area contributed by atoms with Crippen LogP contribution in [0.2, 0.25) is 0 Å². The maximum atomic E-state index is 5.43. The molecular formula is C22H34IN5O2. The van der Waals surface area contributed by atoms with Crippen LogP contribution in [-0.2, 0) is 24.4 Å². The van der Waals surface area contributed by atoms with E-state index in [0.29, 0.717) is 19.0 Å². The van der Waals surface area contributed by atoms with Crippen molar-refractivity contribution in [2.24, 2.45) is 4.99 Å². The number of aliphatic imine (C=N–C) groups is 1. The standard InChI is InChI=1S/C22H33N5O2.HI/c1-4-23-22(25-15-20-13-21(17(2)3)26-29-20)24-14-18-6-5-7-19(12-18)16-27-8-10-28-11-9-27;/h5-7,12-13,17H,4,8-11,14-16H2,1-3H3,(H2,23,24,25);1H. The predicted octanol–water partition coefficient (Wildman–Crippen LogP) is 3.50. The van der Waals surface area contributed by atoms with Gasteiger partial charge in [0.25, 0.3) is 0 Å². The van der Waals surface area contributed by atoms with E-state index in [1.54, 1.807) is 0 Å². The Morgan fingerprint density at radius 3 is 2.63 bits per heavy atom. The fourth-order valence-electron chi connectivity index (χ4n) is 3.21. The maximum Gasteiger partial charge on any atom is 0.191 e. The van der Waals surface area contributed by atoms with E-state index in [4.69, 9.17) is 14.3 Å². The highest BCUT2D eigenvalue weighted by Gasteiger charge is 2.11. The molecule has 8 heteroatoms. The fraction of sp³-hybridized carbons (Fsp3) is 0.545. The van der Waals surface area contributed by atoms with Gasteiger partial charge in [-0.1, -0.05) is 43.3 Å². The third-order valence-corrected chi connectivity index (χ3v) is 4.86. The number of guanidine groups is 1. The Labute approximate surface area is 196 Å². The third kappa shape index (κ3) is 7.88. The molecule has 2 aromatic rings. The van der Waals surface area contributed by atoms with E-state index < -0.39 is 0 Å². The van der Waals surface area contributed by atoms with E-state index in [1.807, 2.05) is 6.07 Å².